The monoisotopic (exact) mass is 343 g/mol. The highest BCUT2D eigenvalue weighted by Gasteiger charge is 2.25. The zero-order chi connectivity index (χ0) is 19.3. The SMILES string of the molecule is CC(C)N(C(=NC(=O)OC(C)(C)C)NC(=O)OC(C)(C)C)C(C)C. The number of alkyl carbamates (subject to hydrolysis) is 1. The third-order valence-corrected chi connectivity index (χ3v) is 2.56. The lowest BCUT2D eigenvalue weighted by Gasteiger charge is -2.33. The van der Waals surface area contributed by atoms with Gasteiger partial charge in [-0.25, -0.2) is 9.59 Å². The van der Waals surface area contributed by atoms with Crippen LogP contribution < -0.4 is 5.32 Å². The molecule has 7 heteroatoms. The third-order valence-electron chi connectivity index (χ3n) is 2.56. The largest absolute Gasteiger partial charge is 0.444 e. The van der Waals surface area contributed by atoms with Gasteiger partial charge in [-0.2, -0.15) is 0 Å². The van der Waals surface area contributed by atoms with Crippen LogP contribution in [0.2, 0.25) is 0 Å². The minimum atomic E-state index is -0.764. The number of amides is 2. The lowest BCUT2D eigenvalue weighted by molar-refractivity contribution is 0.0551. The third kappa shape index (κ3) is 9.37. The van der Waals surface area contributed by atoms with Crippen LogP contribution in [-0.2, 0) is 9.47 Å². The van der Waals surface area contributed by atoms with Crippen molar-refractivity contribution >= 4 is 18.1 Å². The summed E-state index contributed by atoms with van der Waals surface area (Å²) in [5.41, 5.74) is -1.32. The molecule has 140 valence electrons. The van der Waals surface area contributed by atoms with Gasteiger partial charge in [0.2, 0.25) is 5.96 Å². The Morgan fingerprint density at radius 1 is 0.875 bits per heavy atom. The van der Waals surface area contributed by atoms with Gasteiger partial charge in [0, 0.05) is 12.1 Å². The first-order valence-corrected chi connectivity index (χ1v) is 8.22. The summed E-state index contributed by atoms with van der Waals surface area (Å²) in [6, 6.07) is 0.0299. The number of nitrogens with zero attached hydrogens (tertiary/aromatic N) is 2. The molecule has 0 bridgehead atoms. The molecule has 0 aromatic rings. The summed E-state index contributed by atoms with van der Waals surface area (Å²) in [5, 5.41) is 2.57. The molecule has 0 atom stereocenters. The Bertz CT molecular complexity index is 463. The molecule has 0 saturated carbocycles. The van der Waals surface area contributed by atoms with Gasteiger partial charge in [0.25, 0.3) is 0 Å². The number of hydrogen-bond donors (Lipinski definition) is 1. The molecular formula is C17H33N3O4. The highest BCUT2D eigenvalue weighted by atomic mass is 16.6. The predicted octanol–water partition coefficient (Wildman–Crippen LogP) is 3.92. The van der Waals surface area contributed by atoms with Gasteiger partial charge in [0.05, 0.1) is 0 Å². The van der Waals surface area contributed by atoms with Gasteiger partial charge in [-0.1, -0.05) is 0 Å². The average Bonchev–Trinajstić information content (AvgIpc) is 2.20. The first kappa shape index (κ1) is 22.2. The van der Waals surface area contributed by atoms with Crippen LogP contribution >= 0.6 is 0 Å². The zero-order valence-electron chi connectivity index (χ0n) is 16.7. The van der Waals surface area contributed by atoms with Crippen LogP contribution in [0.5, 0.6) is 0 Å². The molecule has 0 aromatic carbocycles. The fourth-order valence-electron chi connectivity index (χ4n) is 2.00. The van der Waals surface area contributed by atoms with Crippen molar-refractivity contribution < 1.29 is 19.1 Å². The Labute approximate surface area is 145 Å². The quantitative estimate of drug-likeness (QED) is 0.607. The topological polar surface area (TPSA) is 80.2 Å². The lowest BCUT2D eigenvalue weighted by Crippen LogP contribution is -2.51. The molecule has 0 rings (SSSR count). The molecule has 2 amide bonds. The molecule has 0 unspecified atom stereocenters. The summed E-state index contributed by atoms with van der Waals surface area (Å²) >= 11 is 0. The van der Waals surface area contributed by atoms with Crippen molar-refractivity contribution in [3.05, 3.63) is 0 Å². The molecular weight excluding hydrogens is 310 g/mol. The molecule has 0 aliphatic rings. The summed E-state index contributed by atoms with van der Waals surface area (Å²) in [6.07, 6.45) is -1.43. The number of guanidine groups is 1. The van der Waals surface area contributed by atoms with Gasteiger partial charge < -0.3 is 14.4 Å². The first-order valence-electron chi connectivity index (χ1n) is 8.22. The van der Waals surface area contributed by atoms with Crippen molar-refractivity contribution in [2.45, 2.75) is 92.5 Å². The summed E-state index contributed by atoms with van der Waals surface area (Å²) < 4.78 is 10.5. The molecule has 0 aliphatic heterocycles. The summed E-state index contributed by atoms with van der Waals surface area (Å²) in [7, 11) is 0. The molecule has 0 saturated heterocycles. The van der Waals surface area contributed by atoms with Crippen LogP contribution in [0.1, 0.15) is 69.2 Å². The Morgan fingerprint density at radius 3 is 1.62 bits per heavy atom. The van der Waals surface area contributed by atoms with Crippen molar-refractivity contribution in [3.63, 3.8) is 0 Å². The Hall–Kier alpha value is -1.79. The van der Waals surface area contributed by atoms with Crippen LogP contribution in [0.25, 0.3) is 0 Å². The molecule has 24 heavy (non-hydrogen) atoms. The number of hydrogen-bond acceptors (Lipinski definition) is 4. The van der Waals surface area contributed by atoms with Crippen molar-refractivity contribution in [1.29, 1.82) is 0 Å². The normalized spacial score (nSPS) is 13.1. The second-order valence-corrected chi connectivity index (χ2v) is 8.14. The fraction of sp³-hybridized carbons (Fsp3) is 0.824. The van der Waals surface area contributed by atoms with Gasteiger partial charge in [-0.05, 0) is 69.2 Å². The van der Waals surface area contributed by atoms with Crippen molar-refractivity contribution in [2.75, 3.05) is 0 Å². The highest BCUT2D eigenvalue weighted by molar-refractivity contribution is 5.99. The molecule has 0 aromatic heterocycles. The van der Waals surface area contributed by atoms with Crippen LogP contribution in [0.3, 0.4) is 0 Å². The van der Waals surface area contributed by atoms with E-state index in [1.807, 2.05) is 32.6 Å². The maximum Gasteiger partial charge on any atom is 0.437 e. The molecule has 0 radical (unpaired) electrons. The van der Waals surface area contributed by atoms with E-state index in [1.54, 1.807) is 41.5 Å². The number of carbonyl (C=O) groups excluding carboxylic acids is 2. The average molecular weight is 343 g/mol. The molecule has 0 spiro atoms. The number of carbonyl (C=O) groups is 2. The number of nitrogens with one attached hydrogen (secondary N) is 1. The van der Waals surface area contributed by atoms with E-state index in [-0.39, 0.29) is 18.0 Å². The molecule has 0 heterocycles. The fourth-order valence-corrected chi connectivity index (χ4v) is 2.00. The summed E-state index contributed by atoms with van der Waals surface area (Å²) in [4.78, 5) is 29.9. The van der Waals surface area contributed by atoms with Crippen molar-refractivity contribution in [3.8, 4) is 0 Å². The van der Waals surface area contributed by atoms with Crippen molar-refractivity contribution in [2.24, 2.45) is 4.99 Å². The van der Waals surface area contributed by atoms with Gasteiger partial charge in [-0.15, -0.1) is 4.99 Å². The van der Waals surface area contributed by atoms with E-state index in [0.29, 0.717) is 0 Å². The van der Waals surface area contributed by atoms with E-state index in [1.165, 1.54) is 0 Å². The van der Waals surface area contributed by atoms with E-state index in [2.05, 4.69) is 10.3 Å². The van der Waals surface area contributed by atoms with Crippen LogP contribution in [0.4, 0.5) is 9.59 Å². The highest BCUT2D eigenvalue weighted by Crippen LogP contribution is 2.12. The predicted molar refractivity (Wildman–Crippen MR) is 95.1 cm³/mol. The minimum absolute atomic E-state index is 0.0149. The van der Waals surface area contributed by atoms with Crippen LogP contribution in [-0.4, -0.2) is 46.3 Å². The molecule has 1 N–H and O–H groups in total. The summed E-state index contributed by atoms with van der Waals surface area (Å²) in [5.74, 6) is 0.114. The van der Waals surface area contributed by atoms with Gasteiger partial charge >= 0.3 is 12.2 Å². The Balaban J connectivity index is 5.51. The van der Waals surface area contributed by atoms with Crippen LogP contribution in [0.15, 0.2) is 4.99 Å². The number of ether oxygens (including phenoxy) is 2. The Kier molecular flexibility index (Phi) is 7.73. The first-order chi connectivity index (χ1) is 10.6. The second kappa shape index (κ2) is 8.35. The molecule has 0 aliphatic carbocycles. The second-order valence-electron chi connectivity index (χ2n) is 8.14. The van der Waals surface area contributed by atoms with Crippen molar-refractivity contribution in [1.82, 2.24) is 10.2 Å². The lowest BCUT2D eigenvalue weighted by atomic mass is 10.2. The van der Waals surface area contributed by atoms with E-state index in [9.17, 15) is 9.59 Å². The zero-order valence-corrected chi connectivity index (χ0v) is 16.7. The van der Waals surface area contributed by atoms with Gasteiger partial charge in [-0.3, -0.25) is 5.32 Å². The van der Waals surface area contributed by atoms with E-state index in [0.717, 1.165) is 0 Å². The number of aliphatic imine (C=N–C) groups is 1. The molecule has 0 fully saturated rings. The van der Waals surface area contributed by atoms with Crippen LogP contribution in [0, 0.1) is 0 Å². The maximum atomic E-state index is 12.1. The smallest absolute Gasteiger partial charge is 0.437 e. The molecule has 7 nitrogen and oxygen atoms in total. The number of rotatable bonds is 2. The van der Waals surface area contributed by atoms with E-state index in [4.69, 9.17) is 9.47 Å². The maximum absolute atomic E-state index is 12.1. The Morgan fingerprint density at radius 2 is 1.29 bits per heavy atom. The van der Waals surface area contributed by atoms with Gasteiger partial charge in [0.15, 0.2) is 0 Å². The van der Waals surface area contributed by atoms with E-state index < -0.39 is 23.4 Å². The minimum Gasteiger partial charge on any atom is -0.444 e. The standard InChI is InChI=1S/C17H33N3O4/c1-11(2)20(12(3)4)13(18-14(21)23-16(5,6)7)19-15(22)24-17(8,9)10/h11-12H,1-10H3,(H,18,19,21,22). The summed E-state index contributed by atoms with van der Waals surface area (Å²) in [6.45, 7) is 18.3. The van der Waals surface area contributed by atoms with E-state index >= 15 is 0 Å². The van der Waals surface area contributed by atoms with Gasteiger partial charge in [0.1, 0.15) is 11.2 Å².